The van der Waals surface area contributed by atoms with Crippen molar-refractivity contribution in [1.82, 2.24) is 10.3 Å². The Kier molecular flexibility index (Phi) is 5.82. The largest absolute Gasteiger partial charge is 0.310 e. The lowest BCUT2D eigenvalue weighted by atomic mass is 10.0. The minimum absolute atomic E-state index is 0.237. The molecule has 102 valence electrons. The van der Waals surface area contributed by atoms with Gasteiger partial charge in [-0.25, -0.2) is 0 Å². The van der Waals surface area contributed by atoms with Crippen LogP contribution in [-0.2, 0) is 6.42 Å². The Morgan fingerprint density at radius 3 is 2.89 bits per heavy atom. The fraction of sp³-hybridized carbons (Fsp3) is 0.357. The molecule has 0 aliphatic carbocycles. The lowest BCUT2D eigenvalue weighted by Crippen LogP contribution is -2.24. The number of pyridine rings is 1. The zero-order valence-electron chi connectivity index (χ0n) is 10.7. The lowest BCUT2D eigenvalue weighted by molar-refractivity contribution is 0.532. The summed E-state index contributed by atoms with van der Waals surface area (Å²) in [5.74, 6) is 0. The van der Waals surface area contributed by atoms with Gasteiger partial charge in [0.1, 0.15) is 0 Å². The maximum atomic E-state index is 6.26. The van der Waals surface area contributed by atoms with Crippen molar-refractivity contribution in [3.05, 3.63) is 49.8 Å². The van der Waals surface area contributed by atoms with Crippen LogP contribution in [0.25, 0.3) is 0 Å². The number of hydrogen-bond acceptors (Lipinski definition) is 3. The molecule has 2 rings (SSSR count). The molecule has 0 bridgehead atoms. The quantitative estimate of drug-likeness (QED) is 0.798. The van der Waals surface area contributed by atoms with Gasteiger partial charge < -0.3 is 5.32 Å². The molecule has 0 aliphatic rings. The van der Waals surface area contributed by atoms with E-state index in [1.54, 1.807) is 23.7 Å². The van der Waals surface area contributed by atoms with Gasteiger partial charge in [0.15, 0.2) is 0 Å². The normalized spacial score (nSPS) is 12.6. The third-order valence-electron chi connectivity index (χ3n) is 2.85. The highest BCUT2D eigenvalue weighted by atomic mass is 79.9. The van der Waals surface area contributed by atoms with E-state index in [0.29, 0.717) is 0 Å². The van der Waals surface area contributed by atoms with Gasteiger partial charge in [-0.3, -0.25) is 4.98 Å². The summed E-state index contributed by atoms with van der Waals surface area (Å²) >= 11 is 11.5. The maximum absolute atomic E-state index is 6.26. The summed E-state index contributed by atoms with van der Waals surface area (Å²) in [6.07, 6.45) is 5.56. The molecule has 0 saturated heterocycles. The molecule has 2 heterocycles. The molecule has 0 spiro atoms. The highest BCUT2D eigenvalue weighted by molar-refractivity contribution is 9.11. The van der Waals surface area contributed by atoms with Crippen molar-refractivity contribution in [3.63, 3.8) is 0 Å². The molecule has 2 aromatic rings. The molecule has 0 saturated carbocycles. The molecule has 5 heteroatoms. The monoisotopic (exact) mass is 358 g/mol. The van der Waals surface area contributed by atoms with E-state index in [-0.39, 0.29) is 6.04 Å². The van der Waals surface area contributed by atoms with Gasteiger partial charge in [0.2, 0.25) is 0 Å². The van der Waals surface area contributed by atoms with E-state index >= 15 is 0 Å². The average Bonchev–Trinajstić information content (AvgIpc) is 2.81. The summed E-state index contributed by atoms with van der Waals surface area (Å²) in [6.45, 7) is 3.15. The van der Waals surface area contributed by atoms with E-state index < -0.39 is 0 Å². The molecule has 1 N–H and O–H groups in total. The van der Waals surface area contributed by atoms with Gasteiger partial charge in [-0.1, -0.05) is 18.5 Å². The van der Waals surface area contributed by atoms with Gasteiger partial charge in [0.05, 0.1) is 8.81 Å². The Bertz CT molecular complexity index is 530. The van der Waals surface area contributed by atoms with Crippen molar-refractivity contribution in [1.29, 1.82) is 0 Å². The van der Waals surface area contributed by atoms with Crippen LogP contribution in [0.3, 0.4) is 0 Å². The molecule has 0 aromatic carbocycles. The third-order valence-corrected chi connectivity index (χ3v) is 4.82. The van der Waals surface area contributed by atoms with E-state index in [0.717, 1.165) is 33.8 Å². The van der Waals surface area contributed by atoms with Gasteiger partial charge in [0.25, 0.3) is 0 Å². The number of hydrogen-bond donors (Lipinski definition) is 1. The smallest absolute Gasteiger partial charge is 0.0701 e. The number of nitrogens with zero attached hydrogens (tertiary/aromatic N) is 1. The van der Waals surface area contributed by atoms with Crippen molar-refractivity contribution >= 4 is 38.9 Å². The van der Waals surface area contributed by atoms with Crippen LogP contribution in [0.2, 0.25) is 5.02 Å². The summed E-state index contributed by atoms with van der Waals surface area (Å²) in [7, 11) is 0. The summed E-state index contributed by atoms with van der Waals surface area (Å²) in [4.78, 5) is 5.40. The molecule has 0 radical (unpaired) electrons. The summed E-state index contributed by atoms with van der Waals surface area (Å²) < 4.78 is 1.16. The number of aromatic nitrogens is 1. The number of thiophene rings is 1. The van der Waals surface area contributed by atoms with E-state index in [2.05, 4.69) is 45.3 Å². The Labute approximate surface area is 131 Å². The fourth-order valence-corrected chi connectivity index (χ4v) is 3.72. The first-order chi connectivity index (χ1) is 9.20. The van der Waals surface area contributed by atoms with E-state index in [1.165, 1.54) is 4.88 Å². The van der Waals surface area contributed by atoms with Crippen molar-refractivity contribution in [3.8, 4) is 0 Å². The van der Waals surface area contributed by atoms with Crippen molar-refractivity contribution < 1.29 is 0 Å². The molecule has 19 heavy (non-hydrogen) atoms. The van der Waals surface area contributed by atoms with Crippen LogP contribution in [-0.4, -0.2) is 11.5 Å². The van der Waals surface area contributed by atoms with E-state index in [4.69, 9.17) is 11.6 Å². The molecular formula is C14H16BrClN2S. The fourth-order valence-electron chi connectivity index (χ4n) is 1.94. The van der Waals surface area contributed by atoms with Crippen molar-refractivity contribution in [2.24, 2.45) is 0 Å². The topological polar surface area (TPSA) is 24.9 Å². The highest BCUT2D eigenvalue weighted by Crippen LogP contribution is 2.29. The molecule has 0 amide bonds. The van der Waals surface area contributed by atoms with Gasteiger partial charge in [-0.2, -0.15) is 0 Å². The molecule has 2 nitrogen and oxygen atoms in total. The van der Waals surface area contributed by atoms with Crippen molar-refractivity contribution in [2.75, 3.05) is 6.54 Å². The first kappa shape index (κ1) is 15.0. The lowest BCUT2D eigenvalue weighted by Gasteiger charge is -2.19. The molecule has 1 unspecified atom stereocenters. The van der Waals surface area contributed by atoms with Crippen LogP contribution in [0, 0.1) is 0 Å². The second kappa shape index (κ2) is 7.39. The second-order valence-corrected chi connectivity index (χ2v) is 7.27. The number of nitrogens with one attached hydrogen (secondary N) is 1. The van der Waals surface area contributed by atoms with Crippen LogP contribution in [0.1, 0.15) is 29.8 Å². The van der Waals surface area contributed by atoms with Gasteiger partial charge in [-0.05, 0) is 52.7 Å². The number of rotatable bonds is 6. The highest BCUT2D eigenvalue weighted by Gasteiger charge is 2.15. The Morgan fingerprint density at radius 1 is 1.42 bits per heavy atom. The van der Waals surface area contributed by atoms with Crippen molar-refractivity contribution in [2.45, 2.75) is 25.8 Å². The van der Waals surface area contributed by atoms with Crippen LogP contribution in [0.15, 0.2) is 34.4 Å². The molecule has 0 aliphatic heterocycles. The molecule has 0 fully saturated rings. The van der Waals surface area contributed by atoms with Gasteiger partial charge in [-0.15, -0.1) is 11.3 Å². The molecule has 1 atom stereocenters. The van der Waals surface area contributed by atoms with E-state index in [1.807, 2.05) is 6.07 Å². The predicted molar refractivity (Wildman–Crippen MR) is 86.0 cm³/mol. The zero-order valence-corrected chi connectivity index (χ0v) is 13.9. The minimum Gasteiger partial charge on any atom is -0.310 e. The maximum Gasteiger partial charge on any atom is 0.0701 e. The summed E-state index contributed by atoms with van der Waals surface area (Å²) in [5.41, 5.74) is 1.12. The van der Waals surface area contributed by atoms with Crippen LogP contribution in [0.5, 0.6) is 0 Å². The SMILES string of the molecule is CCCNC(Cc1ccc(Br)s1)c1ccncc1Cl. The Hall–Kier alpha value is -0.420. The number of halogens is 2. The molecular weight excluding hydrogens is 344 g/mol. The molecule has 2 aromatic heterocycles. The van der Waals surface area contributed by atoms with Crippen LogP contribution in [0.4, 0.5) is 0 Å². The van der Waals surface area contributed by atoms with E-state index in [9.17, 15) is 0 Å². The standard InChI is InChI=1S/C14H16BrClN2S/c1-2-6-18-13(8-10-3-4-14(15)19-10)11-5-7-17-9-12(11)16/h3-5,7,9,13,18H,2,6,8H2,1H3. The summed E-state index contributed by atoms with van der Waals surface area (Å²) in [6, 6.07) is 6.48. The summed E-state index contributed by atoms with van der Waals surface area (Å²) in [5, 5.41) is 4.29. The van der Waals surface area contributed by atoms with Gasteiger partial charge >= 0.3 is 0 Å². The first-order valence-corrected chi connectivity index (χ1v) is 8.26. The predicted octanol–water partition coefficient (Wildman–Crippen LogP) is 4.84. The van der Waals surface area contributed by atoms with Crippen LogP contribution < -0.4 is 5.32 Å². The second-order valence-electron chi connectivity index (χ2n) is 4.31. The Balaban J connectivity index is 2.18. The first-order valence-electron chi connectivity index (χ1n) is 6.27. The minimum atomic E-state index is 0.237. The third kappa shape index (κ3) is 4.28. The Morgan fingerprint density at radius 2 is 2.26 bits per heavy atom. The van der Waals surface area contributed by atoms with Gasteiger partial charge in [0, 0.05) is 29.7 Å². The zero-order chi connectivity index (χ0) is 13.7. The van der Waals surface area contributed by atoms with Crippen LogP contribution >= 0.6 is 38.9 Å². The average molecular weight is 360 g/mol.